The number of carbonyl (C=O) groups is 1. The van der Waals surface area contributed by atoms with Crippen molar-refractivity contribution in [3.63, 3.8) is 0 Å². The van der Waals surface area contributed by atoms with Crippen molar-refractivity contribution in [2.24, 2.45) is 0 Å². The second kappa shape index (κ2) is 6.86. The lowest BCUT2D eigenvalue weighted by Crippen LogP contribution is -2.42. The van der Waals surface area contributed by atoms with Crippen molar-refractivity contribution in [1.29, 1.82) is 0 Å². The highest BCUT2D eigenvalue weighted by molar-refractivity contribution is 7.93. The number of rotatable bonds is 5. The van der Waals surface area contributed by atoms with Crippen molar-refractivity contribution in [3.05, 3.63) is 59.4 Å². The number of nitrogens with zero attached hydrogens (tertiary/aromatic N) is 1. The molecule has 122 valence electrons. The van der Waals surface area contributed by atoms with Crippen LogP contribution in [0.15, 0.2) is 53.4 Å². The molecular weight excluding hydrogens is 364 g/mol. The summed E-state index contributed by atoms with van der Waals surface area (Å²) in [5, 5.41) is -0.519. The Hall–Kier alpha value is -1.63. The van der Waals surface area contributed by atoms with E-state index >= 15 is 0 Å². The van der Waals surface area contributed by atoms with E-state index in [0.717, 1.165) is 10.4 Å². The van der Waals surface area contributed by atoms with Crippen molar-refractivity contribution in [2.75, 3.05) is 4.31 Å². The van der Waals surface area contributed by atoms with Gasteiger partial charge >= 0.3 is 0 Å². The van der Waals surface area contributed by atoms with Gasteiger partial charge in [-0.05, 0) is 61.0 Å². The number of hydrogen-bond acceptors (Lipinski definition) is 3. The summed E-state index contributed by atoms with van der Waals surface area (Å²) in [6.07, 6.45) is 0. The molecule has 1 atom stereocenters. The maximum atomic E-state index is 13.5. The normalized spacial score (nSPS) is 12.7. The molecule has 2 rings (SSSR count). The Labute approximate surface area is 143 Å². The van der Waals surface area contributed by atoms with E-state index in [4.69, 9.17) is 23.2 Å². The number of halogens is 3. The fraction of sp³-hybridized carbons (Fsp3) is 0.133. The maximum absolute atomic E-state index is 13.5. The highest BCUT2D eigenvalue weighted by atomic mass is 35.5. The van der Waals surface area contributed by atoms with E-state index in [1.807, 2.05) is 0 Å². The summed E-state index contributed by atoms with van der Waals surface area (Å²) in [6.45, 7) is 1.33. The molecule has 0 amide bonds. The van der Waals surface area contributed by atoms with Crippen molar-refractivity contribution < 1.29 is 17.6 Å². The van der Waals surface area contributed by atoms with Gasteiger partial charge < -0.3 is 0 Å². The number of carbonyl (C=O) groups excluding carboxylic acids is 1. The summed E-state index contributed by atoms with van der Waals surface area (Å²) >= 11 is 11.2. The summed E-state index contributed by atoms with van der Waals surface area (Å²) in [7, 11) is -4.13. The third kappa shape index (κ3) is 3.83. The average molecular weight is 376 g/mol. The maximum Gasteiger partial charge on any atom is 0.265 e. The van der Waals surface area contributed by atoms with E-state index in [9.17, 15) is 17.6 Å². The first kappa shape index (κ1) is 17.7. The number of sulfonamides is 1. The Morgan fingerprint density at radius 3 is 2.30 bits per heavy atom. The molecule has 0 radical (unpaired) electrons. The smallest absolute Gasteiger partial charge is 0.265 e. The summed E-state index contributed by atoms with van der Waals surface area (Å²) in [5.41, 5.74) is 0.00134. The van der Waals surface area contributed by atoms with Gasteiger partial charge in [0.2, 0.25) is 5.24 Å². The van der Waals surface area contributed by atoms with Gasteiger partial charge in [-0.3, -0.25) is 9.10 Å². The lowest BCUT2D eigenvalue weighted by Gasteiger charge is -2.28. The number of anilines is 1. The van der Waals surface area contributed by atoms with Crippen LogP contribution in [0, 0.1) is 5.82 Å². The van der Waals surface area contributed by atoms with Gasteiger partial charge in [-0.25, -0.2) is 12.8 Å². The first-order chi connectivity index (χ1) is 10.7. The van der Waals surface area contributed by atoms with Crippen molar-refractivity contribution in [1.82, 2.24) is 0 Å². The van der Waals surface area contributed by atoms with Crippen molar-refractivity contribution >= 4 is 44.2 Å². The third-order valence-corrected chi connectivity index (χ3v) is 5.59. The molecule has 0 aliphatic carbocycles. The summed E-state index contributed by atoms with van der Waals surface area (Å²) in [5.74, 6) is -0.631. The van der Waals surface area contributed by atoms with E-state index in [2.05, 4.69) is 0 Å². The number of hydrogen-bond donors (Lipinski definition) is 0. The van der Waals surface area contributed by atoms with Crippen LogP contribution in [0.2, 0.25) is 5.02 Å². The zero-order valence-corrected chi connectivity index (χ0v) is 14.2. The Morgan fingerprint density at radius 2 is 1.78 bits per heavy atom. The topological polar surface area (TPSA) is 54.5 Å². The first-order valence-electron chi connectivity index (χ1n) is 6.48. The van der Waals surface area contributed by atoms with E-state index in [1.165, 1.54) is 49.4 Å². The molecule has 0 fully saturated rings. The Morgan fingerprint density at radius 1 is 1.17 bits per heavy atom. The molecule has 0 aliphatic heterocycles. The molecule has 0 N–H and O–H groups in total. The summed E-state index contributed by atoms with van der Waals surface area (Å²) < 4.78 is 40.0. The predicted molar refractivity (Wildman–Crippen MR) is 87.8 cm³/mol. The summed E-state index contributed by atoms with van der Waals surface area (Å²) in [4.78, 5) is 11.4. The van der Waals surface area contributed by atoms with Gasteiger partial charge in [0.15, 0.2) is 0 Å². The number of benzene rings is 2. The van der Waals surface area contributed by atoms with Gasteiger partial charge in [0, 0.05) is 5.02 Å². The highest BCUT2D eigenvalue weighted by Gasteiger charge is 2.32. The van der Waals surface area contributed by atoms with Crippen LogP contribution >= 0.6 is 23.2 Å². The fourth-order valence-corrected chi connectivity index (χ4v) is 3.89. The largest absolute Gasteiger partial charge is 0.279 e. The van der Waals surface area contributed by atoms with E-state index < -0.39 is 27.1 Å². The molecule has 8 heteroatoms. The molecule has 0 saturated carbocycles. The van der Waals surface area contributed by atoms with Gasteiger partial charge in [0.1, 0.15) is 11.9 Å². The van der Waals surface area contributed by atoms with Gasteiger partial charge in [0.25, 0.3) is 10.0 Å². The van der Waals surface area contributed by atoms with E-state index in [1.54, 1.807) is 0 Å². The van der Waals surface area contributed by atoms with Crippen LogP contribution in [0.3, 0.4) is 0 Å². The van der Waals surface area contributed by atoms with E-state index in [0.29, 0.717) is 5.02 Å². The SMILES string of the molecule is CC(C(=O)Cl)N(c1cccc(F)c1)S(=O)(=O)c1ccc(Cl)cc1. The molecule has 2 aromatic carbocycles. The van der Waals surface area contributed by atoms with Crippen LogP contribution in [0.5, 0.6) is 0 Å². The van der Waals surface area contributed by atoms with Crippen LogP contribution in [-0.4, -0.2) is 19.7 Å². The zero-order valence-electron chi connectivity index (χ0n) is 11.9. The monoisotopic (exact) mass is 375 g/mol. The molecule has 0 spiro atoms. The predicted octanol–water partition coefficient (Wildman–Crippen LogP) is 3.83. The van der Waals surface area contributed by atoms with Gasteiger partial charge in [0.05, 0.1) is 10.6 Å². The quantitative estimate of drug-likeness (QED) is 0.746. The summed E-state index contributed by atoms with van der Waals surface area (Å²) in [6, 6.07) is 9.13. The van der Waals surface area contributed by atoms with Crippen LogP contribution in [-0.2, 0) is 14.8 Å². The van der Waals surface area contributed by atoms with Gasteiger partial charge in [-0.1, -0.05) is 17.7 Å². The third-order valence-electron chi connectivity index (χ3n) is 3.11. The molecule has 0 aliphatic rings. The van der Waals surface area contributed by atoms with Gasteiger partial charge in [-0.2, -0.15) is 0 Å². The van der Waals surface area contributed by atoms with Crippen molar-refractivity contribution in [3.8, 4) is 0 Å². The highest BCUT2D eigenvalue weighted by Crippen LogP contribution is 2.28. The average Bonchev–Trinajstić information content (AvgIpc) is 2.47. The van der Waals surface area contributed by atoms with Crippen molar-refractivity contribution in [2.45, 2.75) is 17.9 Å². The zero-order chi connectivity index (χ0) is 17.2. The van der Waals surface area contributed by atoms with Crippen LogP contribution in [0.4, 0.5) is 10.1 Å². The molecule has 1 unspecified atom stereocenters. The molecule has 0 bridgehead atoms. The molecule has 23 heavy (non-hydrogen) atoms. The fourth-order valence-electron chi connectivity index (χ4n) is 2.00. The molecular formula is C15H12Cl2FNO3S. The standard InChI is InChI=1S/C15H12Cl2FNO3S/c1-10(15(17)20)19(13-4-2-3-12(18)9-13)23(21,22)14-7-5-11(16)6-8-14/h2-10H,1H3. The second-order valence-corrected chi connectivity index (χ2v) is 7.34. The molecule has 0 heterocycles. The molecule has 4 nitrogen and oxygen atoms in total. The molecule has 0 saturated heterocycles. The Balaban J connectivity index is 2.61. The minimum absolute atomic E-state index is 0.00134. The minimum Gasteiger partial charge on any atom is -0.279 e. The lowest BCUT2D eigenvalue weighted by molar-refractivity contribution is -0.112. The van der Waals surface area contributed by atoms with E-state index in [-0.39, 0.29) is 10.6 Å². The molecule has 0 aromatic heterocycles. The lowest BCUT2D eigenvalue weighted by atomic mass is 10.2. The van der Waals surface area contributed by atoms with Crippen LogP contribution < -0.4 is 4.31 Å². The second-order valence-electron chi connectivity index (χ2n) is 4.71. The van der Waals surface area contributed by atoms with Crippen LogP contribution in [0.25, 0.3) is 0 Å². The van der Waals surface area contributed by atoms with Crippen LogP contribution in [0.1, 0.15) is 6.92 Å². The minimum atomic E-state index is -4.13. The first-order valence-corrected chi connectivity index (χ1v) is 8.68. The van der Waals surface area contributed by atoms with Gasteiger partial charge in [-0.15, -0.1) is 0 Å². The Bertz CT molecular complexity index is 825. The Kier molecular flexibility index (Phi) is 5.29. The molecule has 2 aromatic rings.